The molecule has 68 valence electrons. The third-order valence-electron chi connectivity index (χ3n) is 2.34. The van der Waals surface area contributed by atoms with E-state index < -0.39 is 0 Å². The van der Waals surface area contributed by atoms with Crippen LogP contribution < -0.4 is 4.74 Å². The second-order valence-corrected chi connectivity index (χ2v) is 3.21. The molecule has 2 nitrogen and oxygen atoms in total. The molecule has 0 atom stereocenters. The van der Waals surface area contributed by atoms with Gasteiger partial charge in [-0.05, 0) is 12.1 Å². The minimum absolute atomic E-state index is 0.729. The number of fused-ring (bicyclic) bond motifs is 1. The minimum atomic E-state index is 0.729. The van der Waals surface area contributed by atoms with Crippen molar-refractivity contribution in [3.05, 3.63) is 36.4 Å². The molecule has 0 fully saturated rings. The molecule has 0 N–H and O–H groups in total. The molecular formula is C11H13NO. The molecule has 1 aliphatic heterocycles. The van der Waals surface area contributed by atoms with Crippen molar-refractivity contribution in [1.82, 2.24) is 4.90 Å². The van der Waals surface area contributed by atoms with Crippen molar-refractivity contribution in [2.75, 3.05) is 20.2 Å². The monoisotopic (exact) mass is 175 g/mol. The molecule has 0 aliphatic carbocycles. The molecular weight excluding hydrogens is 162 g/mol. The molecule has 0 unspecified atom stereocenters. The summed E-state index contributed by atoms with van der Waals surface area (Å²) in [5.74, 6) is 0.942. The molecule has 1 aliphatic rings. The lowest BCUT2D eigenvalue weighted by Gasteiger charge is -2.17. The summed E-state index contributed by atoms with van der Waals surface area (Å²) in [5.41, 5.74) is 2.13. The van der Waals surface area contributed by atoms with Gasteiger partial charge in [0, 0.05) is 18.3 Å². The lowest BCUT2D eigenvalue weighted by Crippen LogP contribution is -2.19. The first kappa shape index (κ1) is 8.17. The Morgan fingerprint density at radius 3 is 3.00 bits per heavy atom. The predicted octanol–water partition coefficient (Wildman–Crippen LogP) is 1.98. The van der Waals surface area contributed by atoms with E-state index in [1.807, 2.05) is 31.3 Å². The maximum absolute atomic E-state index is 5.59. The van der Waals surface area contributed by atoms with Crippen molar-refractivity contribution in [2.24, 2.45) is 0 Å². The van der Waals surface area contributed by atoms with Gasteiger partial charge in [-0.1, -0.05) is 18.7 Å². The van der Waals surface area contributed by atoms with Gasteiger partial charge in [0.05, 0.1) is 6.54 Å². The molecule has 0 saturated carbocycles. The zero-order valence-electron chi connectivity index (χ0n) is 7.79. The summed E-state index contributed by atoms with van der Waals surface area (Å²) in [6, 6.07) is 8.02. The Labute approximate surface area is 78.4 Å². The van der Waals surface area contributed by atoms with Crippen LogP contribution >= 0.6 is 0 Å². The maximum Gasteiger partial charge on any atom is 0.128 e. The van der Waals surface area contributed by atoms with Gasteiger partial charge in [0.25, 0.3) is 0 Å². The van der Waals surface area contributed by atoms with Crippen molar-refractivity contribution < 1.29 is 4.74 Å². The van der Waals surface area contributed by atoms with E-state index in [1.54, 1.807) is 0 Å². The Morgan fingerprint density at radius 2 is 2.15 bits per heavy atom. The van der Waals surface area contributed by atoms with Crippen LogP contribution in [0.5, 0.6) is 5.75 Å². The number of hydrogen-bond acceptors (Lipinski definition) is 2. The van der Waals surface area contributed by atoms with Crippen LogP contribution in [0.1, 0.15) is 5.56 Å². The second-order valence-electron chi connectivity index (χ2n) is 3.21. The summed E-state index contributed by atoms with van der Waals surface area (Å²) < 4.78 is 5.59. The number of para-hydroxylation sites is 1. The summed E-state index contributed by atoms with van der Waals surface area (Å²) in [4.78, 5) is 2.12. The molecule has 13 heavy (non-hydrogen) atoms. The fraction of sp³-hybridized carbons (Fsp3) is 0.273. The van der Waals surface area contributed by atoms with Crippen LogP contribution in [0.2, 0.25) is 0 Å². The second kappa shape index (κ2) is 3.13. The van der Waals surface area contributed by atoms with Crippen molar-refractivity contribution in [2.45, 2.75) is 0 Å². The van der Waals surface area contributed by atoms with Gasteiger partial charge in [-0.2, -0.15) is 0 Å². The third-order valence-corrected chi connectivity index (χ3v) is 2.34. The van der Waals surface area contributed by atoms with Gasteiger partial charge in [0.2, 0.25) is 0 Å². The Bertz CT molecular complexity index is 333. The first-order valence-electron chi connectivity index (χ1n) is 4.41. The molecule has 0 spiro atoms. The van der Waals surface area contributed by atoms with Crippen molar-refractivity contribution >= 4 is 5.70 Å². The zero-order valence-corrected chi connectivity index (χ0v) is 7.79. The minimum Gasteiger partial charge on any atom is -0.491 e. The average Bonchev–Trinajstić information content (AvgIpc) is 2.29. The van der Waals surface area contributed by atoms with Crippen LogP contribution in [0.15, 0.2) is 30.8 Å². The highest BCUT2D eigenvalue weighted by Gasteiger charge is 2.14. The lowest BCUT2D eigenvalue weighted by atomic mass is 10.1. The number of hydrogen-bond donors (Lipinski definition) is 0. The number of ether oxygens (including phenoxy) is 1. The molecule has 2 heteroatoms. The highest BCUT2D eigenvalue weighted by atomic mass is 16.5. The van der Waals surface area contributed by atoms with E-state index >= 15 is 0 Å². The van der Waals surface area contributed by atoms with E-state index in [9.17, 15) is 0 Å². The van der Waals surface area contributed by atoms with E-state index in [0.717, 1.165) is 30.2 Å². The maximum atomic E-state index is 5.59. The zero-order chi connectivity index (χ0) is 9.26. The average molecular weight is 175 g/mol. The Balaban J connectivity index is 2.46. The first-order valence-corrected chi connectivity index (χ1v) is 4.41. The van der Waals surface area contributed by atoms with Crippen LogP contribution in [0.3, 0.4) is 0 Å². The van der Waals surface area contributed by atoms with Gasteiger partial charge in [-0.25, -0.2) is 0 Å². The van der Waals surface area contributed by atoms with Crippen LogP contribution in [-0.2, 0) is 0 Å². The van der Waals surface area contributed by atoms with Gasteiger partial charge < -0.3 is 9.64 Å². The largest absolute Gasteiger partial charge is 0.491 e. The van der Waals surface area contributed by atoms with Crippen LogP contribution in [0.25, 0.3) is 5.70 Å². The highest BCUT2D eigenvalue weighted by molar-refractivity contribution is 5.67. The van der Waals surface area contributed by atoms with Crippen LogP contribution in [0, 0.1) is 0 Å². The van der Waals surface area contributed by atoms with E-state index in [1.165, 1.54) is 0 Å². The summed E-state index contributed by atoms with van der Waals surface area (Å²) in [7, 11) is 2.04. The number of nitrogens with zero attached hydrogens (tertiary/aromatic N) is 1. The van der Waals surface area contributed by atoms with Crippen molar-refractivity contribution in [3.8, 4) is 5.75 Å². The van der Waals surface area contributed by atoms with Crippen LogP contribution in [-0.4, -0.2) is 25.1 Å². The molecule has 0 bridgehead atoms. The normalized spacial score (nSPS) is 16.1. The van der Waals surface area contributed by atoms with E-state index in [2.05, 4.69) is 11.5 Å². The first-order chi connectivity index (χ1) is 6.29. The third kappa shape index (κ3) is 1.39. The molecule has 0 saturated heterocycles. The summed E-state index contributed by atoms with van der Waals surface area (Å²) in [6.45, 7) is 5.67. The van der Waals surface area contributed by atoms with Gasteiger partial charge in [-0.3, -0.25) is 0 Å². The van der Waals surface area contributed by atoms with E-state index in [-0.39, 0.29) is 0 Å². The quantitative estimate of drug-likeness (QED) is 0.598. The number of rotatable bonds is 0. The summed E-state index contributed by atoms with van der Waals surface area (Å²) in [5, 5.41) is 0. The predicted molar refractivity (Wildman–Crippen MR) is 53.6 cm³/mol. The molecule has 0 amide bonds. The van der Waals surface area contributed by atoms with Gasteiger partial charge in [0.1, 0.15) is 12.4 Å². The van der Waals surface area contributed by atoms with Crippen LogP contribution in [0.4, 0.5) is 0 Å². The SMILES string of the molecule is C=C1c2ccccc2OCCN1C. The summed E-state index contributed by atoms with van der Waals surface area (Å²) >= 11 is 0. The molecule has 1 aromatic carbocycles. The van der Waals surface area contributed by atoms with Crippen molar-refractivity contribution in [1.29, 1.82) is 0 Å². The molecule has 1 aromatic rings. The van der Waals surface area contributed by atoms with Gasteiger partial charge >= 0.3 is 0 Å². The van der Waals surface area contributed by atoms with Gasteiger partial charge in [0.15, 0.2) is 0 Å². The Morgan fingerprint density at radius 1 is 1.38 bits per heavy atom. The standard InChI is InChI=1S/C11H13NO/c1-9-10-5-3-4-6-11(10)13-8-7-12(9)2/h3-6H,1,7-8H2,2H3. The molecule has 0 radical (unpaired) electrons. The Hall–Kier alpha value is -1.44. The molecule has 1 heterocycles. The lowest BCUT2D eigenvalue weighted by molar-refractivity contribution is 0.291. The summed E-state index contributed by atoms with van der Waals surface area (Å²) in [6.07, 6.45) is 0. The number of likely N-dealkylation sites (N-methyl/N-ethyl adjacent to an activating group) is 1. The highest BCUT2D eigenvalue weighted by Crippen LogP contribution is 2.28. The van der Waals surface area contributed by atoms with E-state index in [0.29, 0.717) is 0 Å². The topological polar surface area (TPSA) is 12.5 Å². The molecule has 2 rings (SSSR count). The van der Waals surface area contributed by atoms with Gasteiger partial charge in [-0.15, -0.1) is 0 Å². The van der Waals surface area contributed by atoms with Crippen molar-refractivity contribution in [3.63, 3.8) is 0 Å². The Kier molecular flexibility index (Phi) is 1.97. The smallest absolute Gasteiger partial charge is 0.128 e. The fourth-order valence-corrected chi connectivity index (χ4v) is 1.46. The molecule has 0 aromatic heterocycles. The fourth-order valence-electron chi connectivity index (χ4n) is 1.46. The van der Waals surface area contributed by atoms with E-state index in [4.69, 9.17) is 4.74 Å². The number of benzene rings is 1.